The molecule has 1 aliphatic rings. The summed E-state index contributed by atoms with van der Waals surface area (Å²) in [6, 6.07) is 1.75. The number of carbonyl (C=O) groups excluding carboxylic acids is 1. The maximum atomic E-state index is 12.0. The summed E-state index contributed by atoms with van der Waals surface area (Å²) in [6.07, 6.45) is 3.63. The monoisotopic (exact) mass is 322 g/mol. The van der Waals surface area contributed by atoms with Crippen molar-refractivity contribution in [2.24, 2.45) is 0 Å². The summed E-state index contributed by atoms with van der Waals surface area (Å²) >= 11 is 1.30. The molecule has 3 rings (SSSR count). The quantitative estimate of drug-likeness (QED) is 0.688. The highest BCUT2D eigenvalue weighted by atomic mass is 32.1. The van der Waals surface area contributed by atoms with Crippen LogP contribution in [-0.2, 0) is 4.84 Å². The van der Waals surface area contributed by atoms with Crippen molar-refractivity contribution in [1.29, 1.82) is 0 Å². The Balaban J connectivity index is 1.80. The first kappa shape index (κ1) is 14.5. The van der Waals surface area contributed by atoms with Crippen molar-refractivity contribution < 1.29 is 14.6 Å². The summed E-state index contributed by atoms with van der Waals surface area (Å²) in [6.45, 7) is 1.29. The summed E-state index contributed by atoms with van der Waals surface area (Å²) in [5, 5.41) is 12.9. The van der Waals surface area contributed by atoms with Crippen LogP contribution in [0.15, 0.2) is 17.6 Å². The zero-order valence-corrected chi connectivity index (χ0v) is 12.5. The maximum Gasteiger partial charge on any atom is 0.434 e. The lowest BCUT2D eigenvalue weighted by molar-refractivity contribution is -0.384. The van der Waals surface area contributed by atoms with Crippen molar-refractivity contribution in [1.82, 2.24) is 9.88 Å². The molecule has 1 aliphatic heterocycles. The number of pyridine rings is 1. The number of nitro groups is 1. The molecule has 0 aliphatic carbocycles. The lowest BCUT2D eigenvalue weighted by Crippen LogP contribution is -2.37. The van der Waals surface area contributed by atoms with Crippen molar-refractivity contribution in [3.63, 3.8) is 0 Å². The van der Waals surface area contributed by atoms with Crippen LogP contribution in [0.3, 0.4) is 0 Å². The molecule has 0 saturated carbocycles. The highest BCUT2D eigenvalue weighted by molar-refractivity contribution is 7.17. The van der Waals surface area contributed by atoms with E-state index < -0.39 is 11.0 Å². The van der Waals surface area contributed by atoms with Crippen LogP contribution in [0.4, 0.5) is 16.2 Å². The zero-order valence-electron chi connectivity index (χ0n) is 11.7. The fraction of sp³-hybridized carbons (Fsp3) is 0.385. The normalized spacial score (nSPS) is 14.8. The minimum absolute atomic E-state index is 0.162. The van der Waals surface area contributed by atoms with E-state index in [-0.39, 0.29) is 11.4 Å². The number of anilines is 1. The van der Waals surface area contributed by atoms with E-state index in [1.807, 2.05) is 0 Å². The second-order valence-electron chi connectivity index (χ2n) is 4.93. The SMILES string of the molecule is O=C(ONc1c([N+](=O)[O-])cnc2ccsc12)N1CCCCC1. The molecular weight excluding hydrogens is 308 g/mol. The van der Waals surface area contributed by atoms with Crippen molar-refractivity contribution >= 4 is 39.0 Å². The minimum Gasteiger partial charge on any atom is -0.324 e. The summed E-state index contributed by atoms with van der Waals surface area (Å²) < 4.78 is 0.584. The molecule has 22 heavy (non-hydrogen) atoms. The number of hydrogen-bond donors (Lipinski definition) is 1. The van der Waals surface area contributed by atoms with Gasteiger partial charge in [-0.1, -0.05) is 0 Å². The molecule has 0 radical (unpaired) electrons. The molecule has 0 atom stereocenters. The van der Waals surface area contributed by atoms with Crippen LogP contribution in [0.1, 0.15) is 19.3 Å². The molecule has 0 aromatic carbocycles. The number of nitrogens with one attached hydrogen (secondary N) is 1. The number of carbonyl (C=O) groups is 1. The number of piperidine rings is 1. The molecule has 116 valence electrons. The van der Waals surface area contributed by atoms with E-state index in [2.05, 4.69) is 10.5 Å². The van der Waals surface area contributed by atoms with Gasteiger partial charge in [-0.05, 0) is 30.7 Å². The van der Waals surface area contributed by atoms with Crippen LogP contribution >= 0.6 is 11.3 Å². The minimum atomic E-state index is -0.552. The van der Waals surface area contributed by atoms with E-state index in [0.29, 0.717) is 23.3 Å². The standard InChI is InChI=1S/C13H14N4O4S/c18-13(16-5-2-1-3-6-16)21-15-11-10(17(19)20)8-14-9-4-7-22-12(9)11/h4,7-8H,1-3,5-6H2,(H,14,15). The molecule has 1 fully saturated rings. The summed E-state index contributed by atoms with van der Waals surface area (Å²) in [7, 11) is 0. The summed E-state index contributed by atoms with van der Waals surface area (Å²) in [5.41, 5.74) is 3.02. The Bertz CT molecular complexity index is 711. The van der Waals surface area contributed by atoms with Gasteiger partial charge in [-0.15, -0.1) is 11.3 Å². The largest absolute Gasteiger partial charge is 0.434 e. The Kier molecular flexibility index (Phi) is 4.05. The van der Waals surface area contributed by atoms with E-state index >= 15 is 0 Å². The first-order chi connectivity index (χ1) is 10.7. The third kappa shape index (κ3) is 2.80. The van der Waals surface area contributed by atoms with Gasteiger partial charge in [0.15, 0.2) is 5.69 Å². The number of hydrogen-bond acceptors (Lipinski definition) is 7. The second kappa shape index (κ2) is 6.14. The second-order valence-corrected chi connectivity index (χ2v) is 5.84. The highest BCUT2D eigenvalue weighted by Gasteiger charge is 2.23. The molecule has 8 nitrogen and oxygen atoms in total. The third-order valence-corrected chi connectivity index (χ3v) is 4.43. The van der Waals surface area contributed by atoms with E-state index in [9.17, 15) is 14.9 Å². The highest BCUT2D eigenvalue weighted by Crippen LogP contribution is 2.34. The van der Waals surface area contributed by atoms with Crippen LogP contribution in [0.2, 0.25) is 0 Å². The first-order valence-corrected chi connectivity index (χ1v) is 7.77. The Labute approximate surface area is 129 Å². The molecule has 1 saturated heterocycles. The van der Waals surface area contributed by atoms with Gasteiger partial charge in [-0.3, -0.25) is 10.1 Å². The molecule has 0 unspecified atom stereocenters. The van der Waals surface area contributed by atoms with Crippen LogP contribution < -0.4 is 5.48 Å². The number of thiophene rings is 1. The zero-order chi connectivity index (χ0) is 15.5. The van der Waals surface area contributed by atoms with Crippen molar-refractivity contribution in [3.05, 3.63) is 27.8 Å². The van der Waals surface area contributed by atoms with Crippen molar-refractivity contribution in [3.8, 4) is 0 Å². The van der Waals surface area contributed by atoms with Gasteiger partial charge in [0, 0.05) is 13.1 Å². The van der Waals surface area contributed by atoms with E-state index in [4.69, 9.17) is 4.84 Å². The van der Waals surface area contributed by atoms with Crippen LogP contribution in [0, 0.1) is 10.1 Å². The van der Waals surface area contributed by atoms with Crippen molar-refractivity contribution in [2.45, 2.75) is 19.3 Å². The molecular formula is C13H14N4O4S. The average molecular weight is 322 g/mol. The first-order valence-electron chi connectivity index (χ1n) is 6.89. The molecule has 0 spiro atoms. The number of aromatic nitrogens is 1. The van der Waals surface area contributed by atoms with Gasteiger partial charge in [0.1, 0.15) is 6.20 Å². The number of nitrogens with zero attached hydrogens (tertiary/aromatic N) is 3. The van der Waals surface area contributed by atoms with Gasteiger partial charge >= 0.3 is 11.8 Å². The Morgan fingerprint density at radius 1 is 1.41 bits per heavy atom. The number of likely N-dealkylation sites (tertiary alicyclic amines) is 1. The molecule has 9 heteroatoms. The van der Waals surface area contributed by atoms with Gasteiger partial charge in [0.05, 0.1) is 15.1 Å². The molecule has 2 aromatic rings. The van der Waals surface area contributed by atoms with Gasteiger partial charge in [0.25, 0.3) is 0 Å². The average Bonchev–Trinajstić information content (AvgIpc) is 3.01. The number of amides is 1. The van der Waals surface area contributed by atoms with Crippen molar-refractivity contribution in [2.75, 3.05) is 18.6 Å². The summed E-state index contributed by atoms with van der Waals surface area (Å²) in [5.74, 6) is 0. The van der Waals surface area contributed by atoms with Crippen LogP contribution in [-0.4, -0.2) is 34.0 Å². The fourth-order valence-corrected chi connectivity index (χ4v) is 3.21. The number of fused-ring (bicyclic) bond motifs is 1. The molecule has 3 heterocycles. The molecule has 0 bridgehead atoms. The lowest BCUT2D eigenvalue weighted by Gasteiger charge is -2.25. The van der Waals surface area contributed by atoms with E-state index in [1.165, 1.54) is 11.3 Å². The van der Waals surface area contributed by atoms with E-state index in [0.717, 1.165) is 25.5 Å². The Hall–Kier alpha value is -2.42. The van der Waals surface area contributed by atoms with Gasteiger partial charge in [-0.25, -0.2) is 15.3 Å². The lowest BCUT2D eigenvalue weighted by atomic mass is 10.1. The Morgan fingerprint density at radius 3 is 2.91 bits per heavy atom. The van der Waals surface area contributed by atoms with Gasteiger partial charge in [0.2, 0.25) is 0 Å². The fourth-order valence-electron chi connectivity index (χ4n) is 2.38. The van der Waals surface area contributed by atoms with Crippen LogP contribution in [0.5, 0.6) is 0 Å². The van der Waals surface area contributed by atoms with Crippen LogP contribution in [0.25, 0.3) is 10.2 Å². The summed E-state index contributed by atoms with van der Waals surface area (Å²) in [4.78, 5) is 33.2. The smallest absolute Gasteiger partial charge is 0.324 e. The predicted octanol–water partition coefficient (Wildman–Crippen LogP) is 3.15. The van der Waals surface area contributed by atoms with E-state index in [1.54, 1.807) is 16.3 Å². The predicted molar refractivity (Wildman–Crippen MR) is 81.8 cm³/mol. The molecule has 2 aromatic heterocycles. The maximum absolute atomic E-state index is 12.0. The topological polar surface area (TPSA) is 97.6 Å². The van der Waals surface area contributed by atoms with Gasteiger partial charge < -0.3 is 9.74 Å². The molecule has 1 N–H and O–H groups in total. The van der Waals surface area contributed by atoms with Gasteiger partial charge in [-0.2, -0.15) is 0 Å². The molecule has 1 amide bonds. The third-order valence-electron chi connectivity index (χ3n) is 3.50. The number of rotatable bonds is 3. The Morgan fingerprint density at radius 2 is 2.18 bits per heavy atom.